The Morgan fingerprint density at radius 3 is 1.74 bits per heavy atom. The van der Waals surface area contributed by atoms with Gasteiger partial charge in [0.2, 0.25) is 0 Å². The van der Waals surface area contributed by atoms with E-state index in [0.717, 1.165) is 49.4 Å². The van der Waals surface area contributed by atoms with E-state index >= 15 is 0 Å². The van der Waals surface area contributed by atoms with Crippen molar-refractivity contribution < 1.29 is 32.8 Å². The van der Waals surface area contributed by atoms with E-state index in [1.54, 1.807) is 0 Å². The second-order valence-corrected chi connectivity index (χ2v) is 22.1. The minimum Gasteiger partial charge on any atom is -0.486 e. The summed E-state index contributed by atoms with van der Waals surface area (Å²) < 4.78 is 48.0. The molecule has 0 aliphatic carbocycles. The van der Waals surface area contributed by atoms with Gasteiger partial charge in [0.05, 0.1) is 26.4 Å². The zero-order valence-electron chi connectivity index (χ0n) is 33.7. The van der Waals surface area contributed by atoms with Crippen LogP contribution in [-0.4, -0.2) is 52.6 Å². The third-order valence-corrected chi connectivity index (χ3v) is 16.6. The minimum atomic E-state index is -2.18. The molecule has 0 N–H and O–H groups in total. The number of hydrogen-bond donors (Lipinski definition) is 0. The Bertz CT molecular complexity index is 2020. The Hall–Kier alpha value is -3.80. The van der Waals surface area contributed by atoms with Gasteiger partial charge in [-0.05, 0) is 76.1 Å². The average molecular weight is 852 g/mol. The van der Waals surface area contributed by atoms with Crippen LogP contribution in [0.2, 0.25) is 18.1 Å². The fraction of sp³-hybridized carbons (Fsp3) is 0.375. The fourth-order valence-corrected chi connectivity index (χ4v) is 8.42. The topological polar surface area (TPSA) is 64.6 Å². The molecule has 9 heteroatoms. The van der Waals surface area contributed by atoms with Crippen LogP contribution in [0.1, 0.15) is 60.3 Å². The molecule has 2 aliphatic rings. The number of halogens is 1. The molecule has 0 saturated carbocycles. The van der Waals surface area contributed by atoms with Crippen molar-refractivity contribution in [3.63, 3.8) is 0 Å². The van der Waals surface area contributed by atoms with Gasteiger partial charge in [-0.15, -0.1) is 0 Å². The number of rotatable bonds is 15. The summed E-state index contributed by atoms with van der Waals surface area (Å²) in [6, 6.07) is 43.5. The number of benzene rings is 5. The van der Waals surface area contributed by atoms with Gasteiger partial charge in [0.15, 0.2) is 19.8 Å². The Morgan fingerprint density at radius 2 is 1.16 bits per heavy atom. The molecule has 2 aliphatic heterocycles. The maximum absolute atomic E-state index is 7.30. The molecule has 0 radical (unpaired) electrons. The monoisotopic (exact) mass is 850 g/mol. The smallest absolute Gasteiger partial charge is 0.192 e. The first-order chi connectivity index (χ1) is 27.5. The van der Waals surface area contributed by atoms with E-state index in [0.29, 0.717) is 46.1 Å². The summed E-state index contributed by atoms with van der Waals surface area (Å²) in [5.41, 5.74) is 6.45. The molecule has 7 rings (SSSR count). The van der Waals surface area contributed by atoms with E-state index in [9.17, 15) is 0 Å². The SMILES string of the molecule is CC(C)(C)[Si](C)(C)OC[C@H]1O[C@@H](c2ccc(Br)c(Cc3ccc4c(c3)OCCO4)c2)[C@H](OCc2ccccc2)[C@@H](OCc2ccccc2)[C@@H]1OCc1ccccc1. The van der Waals surface area contributed by atoms with Crippen LogP contribution in [0, 0.1) is 0 Å². The van der Waals surface area contributed by atoms with Gasteiger partial charge in [0.1, 0.15) is 43.7 Å². The maximum Gasteiger partial charge on any atom is 0.192 e. The zero-order valence-corrected chi connectivity index (χ0v) is 36.3. The highest BCUT2D eigenvalue weighted by Gasteiger charge is 2.50. The average Bonchev–Trinajstić information content (AvgIpc) is 3.22. The van der Waals surface area contributed by atoms with Crippen LogP contribution in [0.4, 0.5) is 0 Å². The lowest BCUT2D eigenvalue weighted by Gasteiger charge is -2.47. The normalized spacial score (nSPS) is 21.0. The predicted molar refractivity (Wildman–Crippen MR) is 230 cm³/mol. The van der Waals surface area contributed by atoms with Gasteiger partial charge >= 0.3 is 0 Å². The molecule has 57 heavy (non-hydrogen) atoms. The van der Waals surface area contributed by atoms with Crippen molar-refractivity contribution in [2.24, 2.45) is 0 Å². The van der Waals surface area contributed by atoms with E-state index < -0.39 is 38.8 Å². The molecular weight excluding hydrogens is 797 g/mol. The molecule has 1 fully saturated rings. The largest absolute Gasteiger partial charge is 0.486 e. The molecule has 5 atom stereocenters. The molecule has 5 aromatic carbocycles. The lowest BCUT2D eigenvalue weighted by Crippen LogP contribution is -2.59. The number of hydrogen-bond acceptors (Lipinski definition) is 7. The molecule has 300 valence electrons. The highest BCUT2D eigenvalue weighted by molar-refractivity contribution is 9.10. The molecular formula is C48H55BrO7Si. The number of fused-ring (bicyclic) bond motifs is 1. The highest BCUT2D eigenvalue weighted by Crippen LogP contribution is 2.42. The Balaban J connectivity index is 1.28. The van der Waals surface area contributed by atoms with E-state index in [2.05, 4.69) is 117 Å². The van der Waals surface area contributed by atoms with Crippen LogP contribution in [0.5, 0.6) is 11.5 Å². The third-order valence-electron chi connectivity index (χ3n) is 11.3. The van der Waals surface area contributed by atoms with Crippen LogP contribution in [0.25, 0.3) is 0 Å². The minimum absolute atomic E-state index is 0.0143. The summed E-state index contributed by atoms with van der Waals surface area (Å²) in [7, 11) is -2.18. The second kappa shape index (κ2) is 18.8. The molecule has 2 heterocycles. The van der Waals surface area contributed by atoms with Gasteiger partial charge in [-0.25, -0.2) is 0 Å². The van der Waals surface area contributed by atoms with Gasteiger partial charge in [0, 0.05) is 4.47 Å². The van der Waals surface area contributed by atoms with E-state index in [1.165, 1.54) is 0 Å². The van der Waals surface area contributed by atoms with Gasteiger partial charge in [0.25, 0.3) is 0 Å². The summed E-state index contributed by atoms with van der Waals surface area (Å²) in [4.78, 5) is 0. The summed E-state index contributed by atoms with van der Waals surface area (Å²) in [5, 5.41) is 0.0143. The molecule has 1 saturated heterocycles. The maximum atomic E-state index is 7.30. The Morgan fingerprint density at radius 1 is 0.614 bits per heavy atom. The first-order valence-electron chi connectivity index (χ1n) is 20.0. The zero-order chi connectivity index (χ0) is 39.8. The second-order valence-electron chi connectivity index (χ2n) is 16.5. The van der Waals surface area contributed by atoms with Crippen LogP contribution >= 0.6 is 15.9 Å². The van der Waals surface area contributed by atoms with E-state index in [-0.39, 0.29) is 5.04 Å². The van der Waals surface area contributed by atoms with Crippen LogP contribution < -0.4 is 9.47 Å². The first-order valence-corrected chi connectivity index (χ1v) is 23.7. The van der Waals surface area contributed by atoms with Crippen LogP contribution in [0.3, 0.4) is 0 Å². The van der Waals surface area contributed by atoms with E-state index in [4.69, 9.17) is 32.8 Å². The Kier molecular flexibility index (Phi) is 13.7. The molecule has 0 unspecified atom stereocenters. The fourth-order valence-electron chi connectivity index (χ4n) is 7.02. The molecule has 7 nitrogen and oxygen atoms in total. The van der Waals surface area contributed by atoms with Crippen molar-refractivity contribution in [3.05, 3.63) is 165 Å². The van der Waals surface area contributed by atoms with Crippen molar-refractivity contribution in [1.29, 1.82) is 0 Å². The summed E-state index contributed by atoms with van der Waals surface area (Å²) in [5.74, 6) is 1.56. The summed E-state index contributed by atoms with van der Waals surface area (Å²) in [6.45, 7) is 14.0. The van der Waals surface area contributed by atoms with Gasteiger partial charge in [-0.2, -0.15) is 0 Å². The molecule has 0 aromatic heterocycles. The Labute approximate surface area is 347 Å². The first kappa shape index (κ1) is 41.4. The predicted octanol–water partition coefficient (Wildman–Crippen LogP) is 11.0. The highest BCUT2D eigenvalue weighted by atomic mass is 79.9. The van der Waals surface area contributed by atoms with Gasteiger partial charge < -0.3 is 32.8 Å². The summed E-state index contributed by atoms with van der Waals surface area (Å²) >= 11 is 3.87. The molecule has 0 amide bonds. The third kappa shape index (κ3) is 10.6. The van der Waals surface area contributed by atoms with Crippen molar-refractivity contribution in [1.82, 2.24) is 0 Å². The number of ether oxygens (including phenoxy) is 6. The lowest BCUT2D eigenvalue weighted by atomic mass is 9.89. The standard InChI is InChI=1S/C48H55BrO7Si/c1-48(2,3)57(4,5)55-33-43-45(52-30-34-15-9-6-10-16-34)47(54-32-36-19-13-8-14-20-36)46(53-31-35-17-11-7-12-18-35)44(56-43)38-22-23-40(49)39(29-38)27-37-21-24-41-42(28-37)51-26-25-50-41/h6-24,28-29,43-47H,25-27,30-33H2,1-5H3/t43-,44+,45-,46+,47+/m1/s1. The molecule has 5 aromatic rings. The van der Waals surface area contributed by atoms with Gasteiger partial charge in [-0.3, -0.25) is 0 Å². The molecule has 0 bridgehead atoms. The molecule has 0 spiro atoms. The van der Waals surface area contributed by atoms with Crippen molar-refractivity contribution in [2.75, 3.05) is 19.8 Å². The van der Waals surface area contributed by atoms with Crippen LogP contribution in [0.15, 0.2) is 132 Å². The van der Waals surface area contributed by atoms with Crippen molar-refractivity contribution >= 4 is 24.2 Å². The quantitative estimate of drug-likeness (QED) is 0.0972. The van der Waals surface area contributed by atoms with Crippen LogP contribution in [-0.2, 0) is 49.6 Å². The van der Waals surface area contributed by atoms with Crippen molar-refractivity contribution in [3.8, 4) is 11.5 Å². The summed E-state index contributed by atoms with van der Waals surface area (Å²) in [6.07, 6.45) is -1.79. The van der Waals surface area contributed by atoms with Gasteiger partial charge in [-0.1, -0.05) is 146 Å². The lowest BCUT2D eigenvalue weighted by molar-refractivity contribution is -0.271. The van der Waals surface area contributed by atoms with Crippen molar-refractivity contribution in [2.45, 2.75) is 95.7 Å². The van der Waals surface area contributed by atoms with E-state index in [1.807, 2.05) is 60.7 Å².